The van der Waals surface area contributed by atoms with Crippen molar-refractivity contribution in [3.63, 3.8) is 0 Å². The summed E-state index contributed by atoms with van der Waals surface area (Å²) in [5.41, 5.74) is 11.4. The van der Waals surface area contributed by atoms with E-state index in [2.05, 4.69) is 42.1 Å². The van der Waals surface area contributed by atoms with E-state index < -0.39 is 71.1 Å². The second-order valence-corrected chi connectivity index (χ2v) is 15.2. The minimum absolute atomic E-state index is 0.186. The Morgan fingerprint density at radius 1 is 0.484 bits per heavy atom. The molecule has 8 rings (SSSR count). The van der Waals surface area contributed by atoms with Gasteiger partial charge in [-0.15, -0.1) is 0 Å². The molecule has 0 spiro atoms. The zero-order chi connectivity index (χ0) is 45.3. The van der Waals surface area contributed by atoms with Crippen molar-refractivity contribution in [1.29, 1.82) is 0 Å². The minimum atomic E-state index is -4.97. The lowest BCUT2D eigenvalue weighted by atomic mass is 9.89. The van der Waals surface area contributed by atoms with Crippen molar-refractivity contribution >= 4 is 67.8 Å². The molecule has 0 bridgehead atoms. The third-order valence-corrected chi connectivity index (χ3v) is 10.7. The van der Waals surface area contributed by atoms with E-state index in [1.807, 2.05) is 0 Å². The molecule has 0 radical (unpaired) electrons. The van der Waals surface area contributed by atoms with Crippen molar-refractivity contribution in [2.75, 3.05) is 21.7 Å². The van der Waals surface area contributed by atoms with Crippen molar-refractivity contribution in [3.8, 4) is 0 Å². The summed E-state index contributed by atoms with van der Waals surface area (Å²) in [5, 5.41) is 34.0. The van der Waals surface area contributed by atoms with Crippen molar-refractivity contribution in [2.24, 2.45) is 20.4 Å². The Balaban J connectivity index is 1.02. The van der Waals surface area contributed by atoms with E-state index in [0.717, 1.165) is 12.1 Å². The number of carboxylic acid groups (broad SMARTS) is 2. The molecule has 0 saturated heterocycles. The maximum absolute atomic E-state index is 13.7. The van der Waals surface area contributed by atoms with E-state index in [4.69, 9.17) is 0 Å². The number of ketones is 2. The molecule has 0 heterocycles. The molecule has 4 aliphatic rings. The molecule has 0 fully saturated rings. The SMILES string of the molecule is O=C(O)C1=C/C(=N/Nc2ccc(N/N=c3\cc(S(=O)(=O)O)c4cc/c(=N\Nc5ccc(N/N=C6\C=C(C(=O)O)C(=O)c7ccccc76)cc5)c(=O)c=4c3=O)cc2)c2ccccc2C1=O. The van der Waals surface area contributed by atoms with Gasteiger partial charge in [-0.05, 0) is 72.8 Å². The molecular weight excluding hydrogens is 849 g/mol. The monoisotopic (exact) mass is 876 g/mol. The molecule has 0 aliphatic heterocycles. The highest BCUT2D eigenvalue weighted by atomic mass is 32.2. The van der Waals surface area contributed by atoms with Crippen LogP contribution in [-0.2, 0) is 19.7 Å². The number of hydrazone groups is 2. The fourth-order valence-electron chi connectivity index (χ4n) is 6.68. The van der Waals surface area contributed by atoms with Crippen molar-refractivity contribution in [3.05, 3.63) is 202 Å². The second kappa shape index (κ2) is 16.8. The zero-order valence-electron chi connectivity index (χ0n) is 32.4. The number of carbonyl (C=O) groups excluding carboxylic acids is 2. The third kappa shape index (κ3) is 8.22. The maximum atomic E-state index is 13.7. The van der Waals surface area contributed by atoms with Gasteiger partial charge in [0.15, 0.2) is 0 Å². The number of carbonyl (C=O) groups is 4. The van der Waals surface area contributed by atoms with Crippen LogP contribution in [0.3, 0.4) is 0 Å². The predicted molar refractivity (Wildman–Crippen MR) is 231 cm³/mol. The number of hydrogen-bond donors (Lipinski definition) is 7. The summed E-state index contributed by atoms with van der Waals surface area (Å²) in [4.78, 5) is 75.1. The van der Waals surface area contributed by atoms with Crippen LogP contribution >= 0.6 is 0 Å². The molecular formula is C44H28N8O11S. The Kier molecular flexibility index (Phi) is 11.0. The molecule has 20 heteroatoms. The summed E-state index contributed by atoms with van der Waals surface area (Å²) < 4.78 is 35.0. The van der Waals surface area contributed by atoms with Gasteiger partial charge in [-0.1, -0.05) is 54.6 Å². The number of allylic oxidation sites excluding steroid dienone is 2. The Morgan fingerprint density at radius 2 is 0.859 bits per heavy atom. The number of benzene rings is 4. The van der Waals surface area contributed by atoms with Gasteiger partial charge in [0.2, 0.25) is 22.4 Å². The average molecular weight is 877 g/mol. The molecule has 64 heavy (non-hydrogen) atoms. The fourth-order valence-corrected chi connectivity index (χ4v) is 7.39. The molecule has 7 N–H and O–H groups in total. The molecule has 4 aromatic rings. The van der Waals surface area contributed by atoms with Gasteiger partial charge in [0.25, 0.3) is 10.1 Å². The Hall–Kier alpha value is -9.01. The number of anilines is 4. The Labute approximate surface area is 358 Å². The summed E-state index contributed by atoms with van der Waals surface area (Å²) in [7, 11) is -4.97. The highest BCUT2D eigenvalue weighted by Gasteiger charge is 2.29. The van der Waals surface area contributed by atoms with Crippen LogP contribution in [0.4, 0.5) is 22.7 Å². The van der Waals surface area contributed by atoms with Crippen molar-refractivity contribution < 1.29 is 42.4 Å². The van der Waals surface area contributed by atoms with Gasteiger partial charge in [0.05, 0.1) is 39.4 Å². The van der Waals surface area contributed by atoms with Gasteiger partial charge in [-0.3, -0.25) is 45.4 Å². The lowest BCUT2D eigenvalue weighted by molar-refractivity contribution is -0.133. The summed E-state index contributed by atoms with van der Waals surface area (Å²) in [6.45, 7) is 0. The quantitative estimate of drug-likeness (QED) is 0.0559. The number of fused-ring (bicyclic) bond motifs is 2. The number of nitrogens with one attached hydrogen (secondary N) is 4. The molecule has 0 aromatic heterocycles. The molecule has 0 saturated carbocycles. The van der Waals surface area contributed by atoms with Crippen molar-refractivity contribution in [2.45, 2.75) is 4.90 Å². The van der Waals surface area contributed by atoms with Gasteiger partial charge in [0, 0.05) is 27.5 Å². The zero-order valence-corrected chi connectivity index (χ0v) is 33.2. The van der Waals surface area contributed by atoms with Gasteiger partial charge in [0.1, 0.15) is 26.8 Å². The first-order valence-corrected chi connectivity index (χ1v) is 20.1. The van der Waals surface area contributed by atoms with Gasteiger partial charge >= 0.3 is 11.9 Å². The van der Waals surface area contributed by atoms with Crippen LogP contribution in [-0.4, -0.2) is 58.1 Å². The molecule has 4 aliphatic carbocycles. The van der Waals surface area contributed by atoms with Crippen LogP contribution in [0, 0.1) is 10.4 Å². The van der Waals surface area contributed by atoms with Crippen LogP contribution in [0.25, 0.3) is 0 Å². The molecule has 0 unspecified atom stereocenters. The predicted octanol–water partition coefficient (Wildman–Crippen LogP) is 3.16. The highest BCUT2D eigenvalue weighted by molar-refractivity contribution is 7.85. The third-order valence-electron chi connectivity index (χ3n) is 9.81. The molecule has 0 atom stereocenters. The minimum Gasteiger partial charge on any atom is -0.478 e. The topological polar surface area (TPSA) is 295 Å². The first-order valence-electron chi connectivity index (χ1n) is 18.6. The molecule has 19 nitrogen and oxygen atoms in total. The average Bonchev–Trinajstić information content (AvgIpc) is 3.28. The summed E-state index contributed by atoms with van der Waals surface area (Å²) in [6, 6.07) is 28.5. The van der Waals surface area contributed by atoms with Crippen LogP contribution in [0.15, 0.2) is 173 Å². The molecule has 4 aromatic carbocycles. The lowest BCUT2D eigenvalue weighted by Crippen LogP contribution is -2.37. The first-order chi connectivity index (χ1) is 30.7. The van der Waals surface area contributed by atoms with E-state index in [1.165, 1.54) is 42.5 Å². The highest BCUT2D eigenvalue weighted by Crippen LogP contribution is 2.24. The maximum Gasteiger partial charge on any atom is 0.339 e. The number of aliphatic carboxylic acids is 2. The summed E-state index contributed by atoms with van der Waals surface area (Å²) >= 11 is 0. The van der Waals surface area contributed by atoms with E-state index >= 15 is 0 Å². The standard InChI is InChI=1S/C44H28N8O11S/c53-39-28-7-3-1-5-26(28)34(19-31(39)43(57)58)50-46-23-11-9-22(10-12-23)45-49-33-18-17-30-37(64(61,62)63)21-36(42(56)38(30)41(33)55)52-48-25-15-13-24(14-16-25)47-51-35-20-32(44(59)60)40(54)29-8-4-2-6-27(29)35/h1-21,45-48H,(H,57,58)(H,59,60)(H,61,62,63)/b49-33+,50-34+,51-35-,52-36+. The number of rotatable bonds is 11. The van der Waals surface area contributed by atoms with Crippen molar-refractivity contribution in [1.82, 2.24) is 0 Å². The molecule has 316 valence electrons. The largest absolute Gasteiger partial charge is 0.478 e. The lowest BCUT2D eigenvalue weighted by Gasteiger charge is -2.15. The van der Waals surface area contributed by atoms with E-state index in [0.29, 0.717) is 33.9 Å². The second-order valence-electron chi connectivity index (χ2n) is 13.8. The van der Waals surface area contributed by atoms with E-state index in [9.17, 15) is 52.0 Å². The summed E-state index contributed by atoms with van der Waals surface area (Å²) in [5.74, 6) is -4.05. The Morgan fingerprint density at radius 3 is 1.27 bits per heavy atom. The van der Waals surface area contributed by atoms with Gasteiger partial charge < -0.3 is 10.2 Å². The van der Waals surface area contributed by atoms with Crippen LogP contribution in [0.1, 0.15) is 31.8 Å². The number of nitrogens with zero attached hydrogens (tertiary/aromatic N) is 4. The molecule has 0 amide bonds. The number of carboxylic acids is 2. The number of hydrogen-bond acceptors (Lipinski definition) is 16. The normalized spacial score (nSPS) is 15.3. The van der Waals surface area contributed by atoms with E-state index in [1.54, 1.807) is 72.8 Å². The van der Waals surface area contributed by atoms with E-state index in [-0.39, 0.29) is 33.1 Å². The van der Waals surface area contributed by atoms with Crippen LogP contribution in [0.2, 0.25) is 0 Å². The Bertz CT molecular complexity index is 3540. The fraction of sp³-hybridized carbons (Fsp3) is 0. The summed E-state index contributed by atoms with van der Waals surface area (Å²) in [6.07, 6.45) is 2.35. The van der Waals surface area contributed by atoms with Gasteiger partial charge in [-0.2, -0.15) is 28.8 Å². The smallest absolute Gasteiger partial charge is 0.339 e. The van der Waals surface area contributed by atoms with Gasteiger partial charge in [-0.25, -0.2) is 9.59 Å². The van der Waals surface area contributed by atoms with Crippen LogP contribution in [0.5, 0.6) is 0 Å². The first kappa shape index (κ1) is 41.7. The van der Waals surface area contributed by atoms with Crippen LogP contribution < -0.4 is 43.3 Å². The number of Topliss-reactive ketones (excluding diaryl/α,β-unsaturated/α-hetero) is 2.